The number of sulfone groups is 1. The van der Waals surface area contributed by atoms with Gasteiger partial charge in [0.1, 0.15) is 15.8 Å². The quantitative estimate of drug-likeness (QED) is 0.473. The van der Waals surface area contributed by atoms with Gasteiger partial charge in [0.25, 0.3) is 11.5 Å². The second kappa shape index (κ2) is 8.34. The van der Waals surface area contributed by atoms with E-state index in [0.29, 0.717) is 12.1 Å². The highest BCUT2D eigenvalue weighted by molar-refractivity contribution is 8.26. The number of aliphatic hydroxyl groups is 1. The number of thiocarbonyl (C=S) groups is 1. The number of hydrogen-bond donors (Lipinski definition) is 2. The number of fused-ring (bicyclic) bond motifs is 1. The van der Waals surface area contributed by atoms with Crippen LogP contribution in [0, 0.1) is 6.92 Å². The number of anilines is 1. The molecule has 1 unspecified atom stereocenters. The highest BCUT2D eigenvalue weighted by Crippen LogP contribution is 2.36. The lowest BCUT2D eigenvalue weighted by Crippen LogP contribution is -2.39. The van der Waals surface area contributed by atoms with Crippen LogP contribution < -0.4 is 10.9 Å². The fraction of sp³-hybridized carbons (Fsp3) is 0.368. The lowest BCUT2D eigenvalue weighted by Gasteiger charge is -2.20. The van der Waals surface area contributed by atoms with E-state index in [1.54, 1.807) is 12.3 Å². The maximum absolute atomic E-state index is 13.2. The second-order valence-electron chi connectivity index (χ2n) is 7.37. The fourth-order valence-corrected chi connectivity index (χ4v) is 6.68. The average molecular weight is 481 g/mol. The molecule has 4 heterocycles. The summed E-state index contributed by atoms with van der Waals surface area (Å²) in [7, 11) is -3.19. The molecule has 2 aliphatic rings. The standard InChI is InChI=1S/C19H20N4O5S3/c1-11-2-3-15-21-16(20-5-6-24)13(17(25)22(15)9-11)8-14-18(26)23(19(29)30-14)12-4-7-31(27,28)10-12/h2-3,8-9,12,20,24H,4-7,10H2,1H3/b14-8+. The number of nitrogens with zero attached hydrogens (tertiary/aromatic N) is 3. The van der Waals surface area contributed by atoms with Crippen LogP contribution in [0.3, 0.4) is 0 Å². The third-order valence-corrected chi connectivity index (χ3v) is 8.16. The highest BCUT2D eigenvalue weighted by atomic mass is 32.2. The maximum Gasteiger partial charge on any atom is 0.267 e. The number of nitrogens with one attached hydrogen (secondary N) is 1. The first-order chi connectivity index (χ1) is 14.7. The predicted molar refractivity (Wildman–Crippen MR) is 124 cm³/mol. The van der Waals surface area contributed by atoms with Gasteiger partial charge < -0.3 is 10.4 Å². The molecule has 0 aromatic carbocycles. The van der Waals surface area contributed by atoms with Gasteiger partial charge in [-0.05, 0) is 31.1 Å². The molecule has 0 spiro atoms. The van der Waals surface area contributed by atoms with Gasteiger partial charge in [-0.25, -0.2) is 13.4 Å². The molecule has 31 heavy (non-hydrogen) atoms. The van der Waals surface area contributed by atoms with Gasteiger partial charge in [0, 0.05) is 12.7 Å². The van der Waals surface area contributed by atoms with E-state index < -0.39 is 21.8 Å². The average Bonchev–Trinajstić information content (AvgIpc) is 3.20. The molecule has 9 nitrogen and oxygen atoms in total. The van der Waals surface area contributed by atoms with E-state index in [2.05, 4.69) is 10.3 Å². The van der Waals surface area contributed by atoms with Gasteiger partial charge in [-0.2, -0.15) is 0 Å². The maximum atomic E-state index is 13.2. The summed E-state index contributed by atoms with van der Waals surface area (Å²) in [5, 5.41) is 12.1. The van der Waals surface area contributed by atoms with Crippen LogP contribution in [-0.2, 0) is 14.6 Å². The number of hydrogen-bond acceptors (Lipinski definition) is 9. The SMILES string of the molecule is Cc1ccc2nc(NCCO)c(/C=C3/SC(=S)N(C4CCS(=O)(=O)C4)C3=O)c(=O)n2c1. The van der Waals surface area contributed by atoms with Gasteiger partial charge in [0.15, 0.2) is 9.84 Å². The van der Waals surface area contributed by atoms with E-state index in [1.165, 1.54) is 15.4 Å². The number of rotatable bonds is 5. The zero-order chi connectivity index (χ0) is 22.3. The van der Waals surface area contributed by atoms with Crippen LogP contribution in [0.4, 0.5) is 5.82 Å². The monoisotopic (exact) mass is 480 g/mol. The van der Waals surface area contributed by atoms with Gasteiger partial charge in [-0.15, -0.1) is 0 Å². The minimum absolute atomic E-state index is 0.0261. The molecule has 2 saturated heterocycles. The van der Waals surface area contributed by atoms with Crippen molar-refractivity contribution in [3.63, 3.8) is 0 Å². The third kappa shape index (κ3) is 4.25. The Labute approximate surface area is 188 Å². The number of carbonyl (C=O) groups excluding carboxylic acids is 1. The minimum Gasteiger partial charge on any atom is -0.395 e. The number of aryl methyl sites for hydroxylation is 1. The molecule has 4 rings (SSSR count). The van der Waals surface area contributed by atoms with Crippen LogP contribution in [0.2, 0.25) is 0 Å². The third-order valence-electron chi connectivity index (χ3n) is 5.08. The van der Waals surface area contributed by atoms with Crippen molar-refractivity contribution in [1.82, 2.24) is 14.3 Å². The smallest absolute Gasteiger partial charge is 0.267 e. The van der Waals surface area contributed by atoms with E-state index in [1.807, 2.05) is 13.0 Å². The summed E-state index contributed by atoms with van der Waals surface area (Å²) in [4.78, 5) is 32.3. The van der Waals surface area contributed by atoms with Crippen LogP contribution in [0.5, 0.6) is 0 Å². The Bertz CT molecular complexity index is 1290. The van der Waals surface area contributed by atoms with Crippen molar-refractivity contribution in [2.45, 2.75) is 19.4 Å². The topological polar surface area (TPSA) is 121 Å². The van der Waals surface area contributed by atoms with Gasteiger partial charge in [-0.1, -0.05) is 30.0 Å². The summed E-state index contributed by atoms with van der Waals surface area (Å²) in [6.07, 6.45) is 3.43. The molecule has 1 atom stereocenters. The number of amides is 1. The minimum atomic E-state index is -3.19. The first kappa shape index (κ1) is 21.9. The molecule has 2 aromatic rings. The van der Waals surface area contributed by atoms with Crippen molar-refractivity contribution in [2.75, 3.05) is 30.0 Å². The number of aromatic nitrogens is 2. The first-order valence-corrected chi connectivity index (χ1v) is 12.6. The zero-order valence-electron chi connectivity index (χ0n) is 16.6. The van der Waals surface area contributed by atoms with Crippen LogP contribution in [0.25, 0.3) is 11.7 Å². The molecule has 2 fully saturated rings. The largest absolute Gasteiger partial charge is 0.395 e. The van der Waals surface area contributed by atoms with Crippen molar-refractivity contribution in [3.05, 3.63) is 44.7 Å². The molecule has 0 aliphatic carbocycles. The summed E-state index contributed by atoms with van der Waals surface area (Å²) in [5.74, 6) is -0.260. The predicted octanol–water partition coefficient (Wildman–Crippen LogP) is 0.795. The number of aliphatic hydroxyl groups excluding tert-OH is 1. The summed E-state index contributed by atoms with van der Waals surface area (Å²) in [6.45, 7) is 1.87. The van der Waals surface area contributed by atoms with E-state index in [4.69, 9.17) is 12.2 Å². The molecule has 164 valence electrons. The lowest BCUT2D eigenvalue weighted by atomic mass is 10.2. The normalized spacial score (nSPS) is 22.1. The van der Waals surface area contributed by atoms with Crippen molar-refractivity contribution >= 4 is 61.6 Å². The number of thioether (sulfide) groups is 1. The van der Waals surface area contributed by atoms with Gasteiger partial charge in [0.05, 0.1) is 34.6 Å². The molecule has 1 amide bonds. The van der Waals surface area contributed by atoms with Crippen LogP contribution >= 0.6 is 24.0 Å². The molecule has 0 saturated carbocycles. The van der Waals surface area contributed by atoms with Gasteiger partial charge >= 0.3 is 0 Å². The van der Waals surface area contributed by atoms with Crippen molar-refractivity contribution in [3.8, 4) is 0 Å². The van der Waals surface area contributed by atoms with Crippen molar-refractivity contribution < 1.29 is 18.3 Å². The lowest BCUT2D eigenvalue weighted by molar-refractivity contribution is -0.123. The Morgan fingerprint density at radius 3 is 2.84 bits per heavy atom. The Balaban J connectivity index is 1.77. The molecule has 0 bridgehead atoms. The molecule has 2 aliphatic heterocycles. The molecule has 2 aromatic heterocycles. The molecule has 2 N–H and O–H groups in total. The molecule has 0 radical (unpaired) electrons. The van der Waals surface area contributed by atoms with Crippen LogP contribution in [-0.4, -0.2) is 68.7 Å². The first-order valence-electron chi connectivity index (χ1n) is 9.55. The summed E-state index contributed by atoms with van der Waals surface area (Å²) < 4.78 is 25.4. The van der Waals surface area contributed by atoms with Crippen molar-refractivity contribution in [1.29, 1.82) is 0 Å². The van der Waals surface area contributed by atoms with E-state index in [9.17, 15) is 23.1 Å². The van der Waals surface area contributed by atoms with E-state index in [0.717, 1.165) is 17.3 Å². The molecular formula is C19H20N4O5S3. The second-order valence-corrected chi connectivity index (χ2v) is 11.3. The number of carbonyl (C=O) groups is 1. The molecule has 12 heteroatoms. The van der Waals surface area contributed by atoms with Crippen molar-refractivity contribution in [2.24, 2.45) is 0 Å². The van der Waals surface area contributed by atoms with E-state index in [-0.39, 0.29) is 50.8 Å². The summed E-state index contributed by atoms with van der Waals surface area (Å²) >= 11 is 6.37. The Hall–Kier alpha value is -2.28. The highest BCUT2D eigenvalue weighted by Gasteiger charge is 2.42. The van der Waals surface area contributed by atoms with Crippen LogP contribution in [0.15, 0.2) is 28.0 Å². The Morgan fingerprint density at radius 1 is 1.39 bits per heavy atom. The van der Waals surface area contributed by atoms with Gasteiger partial charge in [-0.3, -0.25) is 18.9 Å². The zero-order valence-corrected chi connectivity index (χ0v) is 19.0. The Morgan fingerprint density at radius 2 is 2.16 bits per heavy atom. The van der Waals surface area contributed by atoms with E-state index >= 15 is 0 Å². The fourth-order valence-electron chi connectivity index (χ4n) is 3.60. The Kier molecular flexibility index (Phi) is 5.90. The summed E-state index contributed by atoms with van der Waals surface area (Å²) in [5.41, 5.74) is 1.09. The summed E-state index contributed by atoms with van der Waals surface area (Å²) in [6, 6.07) is 3.05. The van der Waals surface area contributed by atoms with Crippen LogP contribution in [0.1, 0.15) is 17.5 Å². The molecular weight excluding hydrogens is 460 g/mol. The van der Waals surface area contributed by atoms with Gasteiger partial charge in [0.2, 0.25) is 0 Å². The number of pyridine rings is 1.